The fraction of sp³-hybridized carbons (Fsp3) is 0.308. The van der Waals surface area contributed by atoms with Gasteiger partial charge in [-0.1, -0.05) is 12.2 Å². The molecule has 0 atom stereocenters. The molecule has 92 valence electrons. The Balaban J connectivity index is 2.62. The zero-order valence-corrected chi connectivity index (χ0v) is 10.1. The number of hydrogen-bond acceptors (Lipinski definition) is 3. The van der Waals surface area contributed by atoms with E-state index in [9.17, 15) is 9.90 Å². The van der Waals surface area contributed by atoms with Gasteiger partial charge in [-0.05, 0) is 25.5 Å². The van der Waals surface area contributed by atoms with E-state index in [1.165, 1.54) is 13.2 Å². The molecule has 1 aromatic carbocycles. The minimum Gasteiger partial charge on any atom is -0.507 e. The second-order valence-electron chi connectivity index (χ2n) is 3.50. The average molecular weight is 235 g/mol. The molecular formula is C13H17NO3. The van der Waals surface area contributed by atoms with E-state index in [1.807, 2.05) is 19.1 Å². The molecule has 0 radical (unpaired) electrons. The van der Waals surface area contributed by atoms with E-state index in [-0.39, 0.29) is 17.2 Å². The Hall–Kier alpha value is -1.97. The summed E-state index contributed by atoms with van der Waals surface area (Å²) in [6.45, 7) is 2.48. The van der Waals surface area contributed by atoms with Crippen molar-refractivity contribution in [1.82, 2.24) is 5.32 Å². The molecule has 4 heteroatoms. The molecule has 0 aliphatic carbocycles. The number of hydrogen-bond donors (Lipinski definition) is 2. The van der Waals surface area contributed by atoms with Gasteiger partial charge in [0, 0.05) is 12.6 Å². The van der Waals surface area contributed by atoms with Crippen LogP contribution in [0.1, 0.15) is 23.7 Å². The van der Waals surface area contributed by atoms with Gasteiger partial charge in [0.25, 0.3) is 5.91 Å². The van der Waals surface area contributed by atoms with Gasteiger partial charge in [0.2, 0.25) is 0 Å². The summed E-state index contributed by atoms with van der Waals surface area (Å²) >= 11 is 0. The van der Waals surface area contributed by atoms with Crippen molar-refractivity contribution < 1.29 is 14.6 Å². The van der Waals surface area contributed by atoms with Crippen LogP contribution in [0.4, 0.5) is 0 Å². The van der Waals surface area contributed by atoms with Gasteiger partial charge in [-0.2, -0.15) is 0 Å². The number of allylic oxidation sites excluding steroid dienone is 1. The Labute approximate surface area is 101 Å². The summed E-state index contributed by atoms with van der Waals surface area (Å²) in [5, 5.41) is 12.4. The monoisotopic (exact) mass is 235 g/mol. The standard InChI is InChI=1S/C13H17NO3/c1-3-4-5-8-14-13(16)11-7-6-10(17-2)9-12(11)15/h3-4,6-7,9,15H,5,8H2,1-2H3,(H,14,16)/b4-3+. The molecule has 0 saturated heterocycles. The first-order valence-corrected chi connectivity index (χ1v) is 5.45. The van der Waals surface area contributed by atoms with Crippen molar-refractivity contribution in [2.75, 3.05) is 13.7 Å². The molecule has 2 N–H and O–H groups in total. The molecule has 0 unspecified atom stereocenters. The fourth-order valence-corrected chi connectivity index (χ4v) is 1.36. The quantitative estimate of drug-likeness (QED) is 0.607. The highest BCUT2D eigenvalue weighted by atomic mass is 16.5. The van der Waals surface area contributed by atoms with Gasteiger partial charge in [-0.3, -0.25) is 4.79 Å². The van der Waals surface area contributed by atoms with Gasteiger partial charge in [-0.15, -0.1) is 0 Å². The maximum absolute atomic E-state index is 11.7. The number of phenolic OH excluding ortho intramolecular Hbond substituents is 1. The van der Waals surface area contributed by atoms with Gasteiger partial charge in [0.1, 0.15) is 11.5 Å². The lowest BCUT2D eigenvalue weighted by molar-refractivity contribution is 0.0951. The second-order valence-corrected chi connectivity index (χ2v) is 3.50. The summed E-state index contributed by atoms with van der Waals surface area (Å²) in [5.74, 6) is 0.163. The van der Waals surface area contributed by atoms with Gasteiger partial charge in [0.15, 0.2) is 0 Å². The fourth-order valence-electron chi connectivity index (χ4n) is 1.36. The van der Waals surface area contributed by atoms with E-state index in [0.717, 1.165) is 6.42 Å². The van der Waals surface area contributed by atoms with E-state index in [4.69, 9.17) is 4.74 Å². The number of carbonyl (C=O) groups is 1. The highest BCUT2D eigenvalue weighted by Crippen LogP contribution is 2.23. The summed E-state index contributed by atoms with van der Waals surface area (Å²) in [5.41, 5.74) is 0.256. The van der Waals surface area contributed by atoms with Crippen LogP contribution >= 0.6 is 0 Å². The molecule has 1 amide bonds. The summed E-state index contributed by atoms with van der Waals surface area (Å²) in [6, 6.07) is 4.60. The van der Waals surface area contributed by atoms with Crippen LogP contribution < -0.4 is 10.1 Å². The zero-order chi connectivity index (χ0) is 12.7. The number of benzene rings is 1. The molecular weight excluding hydrogens is 218 g/mol. The van der Waals surface area contributed by atoms with Crippen LogP contribution in [-0.2, 0) is 0 Å². The van der Waals surface area contributed by atoms with Crippen molar-refractivity contribution in [3.8, 4) is 11.5 Å². The molecule has 0 fully saturated rings. The summed E-state index contributed by atoms with van der Waals surface area (Å²) < 4.78 is 4.94. The molecule has 4 nitrogen and oxygen atoms in total. The molecule has 0 bridgehead atoms. The SMILES string of the molecule is C/C=C/CCNC(=O)c1ccc(OC)cc1O. The van der Waals surface area contributed by atoms with Crippen molar-refractivity contribution >= 4 is 5.91 Å². The second kappa shape index (κ2) is 6.58. The van der Waals surface area contributed by atoms with Crippen LogP contribution in [0, 0.1) is 0 Å². The molecule has 0 aromatic heterocycles. The highest BCUT2D eigenvalue weighted by molar-refractivity contribution is 5.96. The molecule has 0 saturated carbocycles. The minimum absolute atomic E-state index is 0.0760. The third kappa shape index (κ3) is 3.83. The number of amides is 1. The van der Waals surface area contributed by atoms with E-state index in [0.29, 0.717) is 12.3 Å². The van der Waals surface area contributed by atoms with E-state index in [1.54, 1.807) is 12.1 Å². The highest BCUT2D eigenvalue weighted by Gasteiger charge is 2.10. The largest absolute Gasteiger partial charge is 0.507 e. The first kappa shape index (κ1) is 13.1. The number of aromatic hydroxyl groups is 1. The smallest absolute Gasteiger partial charge is 0.255 e. The topological polar surface area (TPSA) is 58.6 Å². The lowest BCUT2D eigenvalue weighted by Gasteiger charge is -2.07. The van der Waals surface area contributed by atoms with Crippen molar-refractivity contribution in [3.63, 3.8) is 0 Å². The summed E-state index contributed by atoms with van der Waals surface area (Å²) in [4.78, 5) is 11.7. The number of methoxy groups -OCH3 is 1. The average Bonchev–Trinajstić information content (AvgIpc) is 2.34. The van der Waals surface area contributed by atoms with E-state index < -0.39 is 0 Å². The van der Waals surface area contributed by atoms with Gasteiger partial charge < -0.3 is 15.2 Å². The number of nitrogens with one attached hydrogen (secondary N) is 1. The summed E-state index contributed by atoms with van der Waals surface area (Å²) in [7, 11) is 1.51. The van der Waals surface area contributed by atoms with Crippen molar-refractivity contribution in [3.05, 3.63) is 35.9 Å². The number of phenols is 1. The lowest BCUT2D eigenvalue weighted by Crippen LogP contribution is -2.24. The van der Waals surface area contributed by atoms with Gasteiger partial charge in [0.05, 0.1) is 12.7 Å². The Morgan fingerprint density at radius 3 is 2.88 bits per heavy atom. The maximum atomic E-state index is 11.7. The normalized spacial score (nSPS) is 10.5. The van der Waals surface area contributed by atoms with Crippen molar-refractivity contribution in [2.24, 2.45) is 0 Å². The maximum Gasteiger partial charge on any atom is 0.255 e. The van der Waals surface area contributed by atoms with Gasteiger partial charge in [-0.25, -0.2) is 0 Å². The Morgan fingerprint density at radius 2 is 2.29 bits per heavy atom. The van der Waals surface area contributed by atoms with Crippen LogP contribution in [0.2, 0.25) is 0 Å². The molecule has 1 aromatic rings. The first-order chi connectivity index (χ1) is 8.19. The van der Waals surface area contributed by atoms with E-state index in [2.05, 4.69) is 5.32 Å². The number of ether oxygens (including phenoxy) is 1. The Kier molecular flexibility index (Phi) is 5.07. The van der Waals surface area contributed by atoms with Gasteiger partial charge >= 0.3 is 0 Å². The summed E-state index contributed by atoms with van der Waals surface area (Å²) in [6.07, 6.45) is 4.67. The van der Waals surface area contributed by atoms with Crippen LogP contribution in [0.5, 0.6) is 11.5 Å². The minimum atomic E-state index is -0.283. The molecule has 0 aliphatic heterocycles. The third-order valence-electron chi connectivity index (χ3n) is 2.28. The van der Waals surface area contributed by atoms with Crippen LogP contribution in [0.15, 0.2) is 30.4 Å². The van der Waals surface area contributed by atoms with Crippen LogP contribution in [-0.4, -0.2) is 24.7 Å². The zero-order valence-electron chi connectivity index (χ0n) is 10.1. The number of rotatable bonds is 5. The Morgan fingerprint density at radius 1 is 1.53 bits per heavy atom. The molecule has 17 heavy (non-hydrogen) atoms. The van der Waals surface area contributed by atoms with E-state index >= 15 is 0 Å². The first-order valence-electron chi connectivity index (χ1n) is 5.45. The lowest BCUT2D eigenvalue weighted by atomic mass is 10.1. The van der Waals surface area contributed by atoms with Crippen LogP contribution in [0.25, 0.3) is 0 Å². The third-order valence-corrected chi connectivity index (χ3v) is 2.28. The molecule has 0 aliphatic rings. The number of carbonyl (C=O) groups excluding carboxylic acids is 1. The molecule has 0 heterocycles. The van der Waals surface area contributed by atoms with Crippen molar-refractivity contribution in [1.29, 1.82) is 0 Å². The predicted molar refractivity (Wildman–Crippen MR) is 66.4 cm³/mol. The van der Waals surface area contributed by atoms with Crippen molar-refractivity contribution in [2.45, 2.75) is 13.3 Å². The van der Waals surface area contributed by atoms with Crippen LogP contribution in [0.3, 0.4) is 0 Å². The molecule has 1 rings (SSSR count). The predicted octanol–water partition coefficient (Wildman–Crippen LogP) is 2.10. The Bertz CT molecular complexity index is 413. The molecule has 0 spiro atoms.